The second-order valence-corrected chi connectivity index (χ2v) is 2.07. The molecule has 0 aliphatic heterocycles. The molecule has 0 aromatic carbocycles. The minimum Gasteiger partial charge on any atom is -0.763 e. The smallest absolute Gasteiger partial charge is 0.263 e. The summed E-state index contributed by atoms with van der Waals surface area (Å²) in [6.45, 7) is 13.1. The van der Waals surface area contributed by atoms with Gasteiger partial charge < -0.3 is 5.41 Å². The lowest BCUT2D eigenvalue weighted by Crippen LogP contribution is -1.78. The van der Waals surface area contributed by atoms with Crippen molar-refractivity contribution in [2.75, 3.05) is 0 Å². The molecule has 0 heterocycles. The number of nitrogens with zero attached hydrogens (tertiary/aromatic N) is 5. The first-order valence-corrected chi connectivity index (χ1v) is 3.47. The number of rotatable bonds is 2. The molecule has 0 amide bonds. The first-order chi connectivity index (χ1) is 7.21. The summed E-state index contributed by atoms with van der Waals surface area (Å²) in [5.74, 6) is 1.68. The molecule has 0 aliphatic rings. The average molecular weight is 192 g/mol. The molecule has 0 bridgehead atoms. The van der Waals surface area contributed by atoms with Gasteiger partial charge in [-0.15, -0.1) is 0 Å². The Morgan fingerprint density at radius 3 is 1.67 bits per heavy atom. The third-order valence-electron chi connectivity index (χ3n) is 1.18. The number of hydrogen-bond acceptors (Lipinski definition) is 2. The fraction of sp³-hybridized carbons (Fsp3) is 0. The Kier molecular flexibility index (Phi) is 5.08. The van der Waals surface area contributed by atoms with Crippen LogP contribution in [0.25, 0.3) is 15.1 Å². The van der Waals surface area contributed by atoms with Gasteiger partial charge in [0.2, 0.25) is 0 Å². The Labute approximate surface area is 86.6 Å². The van der Waals surface area contributed by atoms with E-state index in [9.17, 15) is 0 Å². The summed E-state index contributed by atoms with van der Waals surface area (Å²) in [7, 11) is 0. The highest BCUT2D eigenvalue weighted by Crippen LogP contribution is 2.06. The van der Waals surface area contributed by atoms with Gasteiger partial charge in [-0.25, -0.2) is 20.2 Å². The fourth-order valence-electron chi connectivity index (χ4n) is 0.580. The maximum atomic E-state index is 8.61. The molecular formula is C10H2N5-. The molecule has 0 unspecified atom stereocenters. The van der Waals surface area contributed by atoms with E-state index in [1.807, 2.05) is 0 Å². The van der Waals surface area contributed by atoms with Crippen molar-refractivity contribution in [2.24, 2.45) is 0 Å². The molecule has 5 heteroatoms. The van der Waals surface area contributed by atoms with Gasteiger partial charge in [-0.3, -0.25) is 5.87 Å². The van der Waals surface area contributed by atoms with Gasteiger partial charge in [-0.1, -0.05) is 0 Å². The maximum Gasteiger partial charge on any atom is 0.263 e. The molecule has 0 spiro atoms. The van der Waals surface area contributed by atoms with E-state index < -0.39 is 0 Å². The normalized spacial score (nSPS) is 9.87. The van der Waals surface area contributed by atoms with Gasteiger partial charge >= 0.3 is 0 Å². The molecule has 5 nitrogen and oxygen atoms in total. The molecule has 0 aromatic heterocycles. The van der Waals surface area contributed by atoms with Crippen molar-refractivity contribution in [3.63, 3.8) is 0 Å². The van der Waals surface area contributed by atoms with Crippen LogP contribution in [0, 0.1) is 35.8 Å². The van der Waals surface area contributed by atoms with Crippen LogP contribution in [0.3, 0.4) is 0 Å². The summed E-state index contributed by atoms with van der Waals surface area (Å²) < 4.78 is 0. The molecule has 15 heavy (non-hydrogen) atoms. The van der Waals surface area contributed by atoms with E-state index in [1.165, 1.54) is 0 Å². The van der Waals surface area contributed by atoms with Gasteiger partial charge in [-0.05, 0) is 17.7 Å². The molecule has 0 aromatic rings. The molecule has 0 saturated heterocycles. The SMILES string of the molecule is [C-]#[N+]/C(C#N)=C/C(=C=[N-])/C=C(\C#N)[N+]#[C-]. The van der Waals surface area contributed by atoms with Crippen molar-refractivity contribution in [1.29, 1.82) is 10.5 Å². The highest BCUT2D eigenvalue weighted by Gasteiger charge is 1.96. The van der Waals surface area contributed by atoms with Crippen molar-refractivity contribution in [2.45, 2.75) is 0 Å². The fourth-order valence-corrected chi connectivity index (χ4v) is 0.580. The third-order valence-corrected chi connectivity index (χ3v) is 1.18. The van der Waals surface area contributed by atoms with Crippen LogP contribution >= 0.6 is 0 Å². The lowest BCUT2D eigenvalue weighted by molar-refractivity contribution is 1.48. The van der Waals surface area contributed by atoms with E-state index in [-0.39, 0.29) is 17.0 Å². The largest absolute Gasteiger partial charge is 0.763 e. The van der Waals surface area contributed by atoms with Crippen molar-refractivity contribution in [3.8, 4) is 12.1 Å². The van der Waals surface area contributed by atoms with Gasteiger partial charge in [0.1, 0.15) is 0 Å². The lowest BCUT2D eigenvalue weighted by Gasteiger charge is -1.91. The van der Waals surface area contributed by atoms with Gasteiger partial charge in [0.25, 0.3) is 11.4 Å². The predicted molar refractivity (Wildman–Crippen MR) is 52.5 cm³/mol. The minimum atomic E-state index is -0.273. The Bertz CT molecular complexity index is 454. The summed E-state index contributed by atoms with van der Waals surface area (Å²) in [6.07, 6.45) is 2.05. The van der Waals surface area contributed by atoms with Crippen molar-refractivity contribution < 1.29 is 0 Å². The average Bonchev–Trinajstić information content (AvgIpc) is 2.30. The van der Waals surface area contributed by atoms with Gasteiger partial charge in [0.05, 0.1) is 25.3 Å². The van der Waals surface area contributed by atoms with E-state index in [2.05, 4.69) is 9.69 Å². The summed E-state index contributed by atoms with van der Waals surface area (Å²) in [4.78, 5) is 5.68. The molecule has 0 saturated carbocycles. The molecule has 0 aliphatic carbocycles. The van der Waals surface area contributed by atoms with Crippen LogP contribution in [-0.2, 0) is 0 Å². The Balaban J connectivity index is 5.34. The van der Waals surface area contributed by atoms with Gasteiger partial charge in [0, 0.05) is 0 Å². The summed E-state index contributed by atoms with van der Waals surface area (Å²) in [6, 6.07) is 3.14. The highest BCUT2D eigenvalue weighted by molar-refractivity contribution is 5.70. The van der Waals surface area contributed by atoms with Gasteiger partial charge in [-0.2, -0.15) is 0 Å². The minimum absolute atomic E-state index is 0.0740. The van der Waals surface area contributed by atoms with Crippen LogP contribution in [0.15, 0.2) is 29.1 Å². The second kappa shape index (κ2) is 6.41. The zero-order valence-electron chi connectivity index (χ0n) is 7.39. The van der Waals surface area contributed by atoms with Gasteiger partial charge in [0.15, 0.2) is 0 Å². The lowest BCUT2D eigenvalue weighted by atomic mass is 10.2. The topological polar surface area (TPSA) is 78.6 Å². The molecule has 68 valence electrons. The van der Waals surface area contributed by atoms with E-state index >= 15 is 0 Å². The van der Waals surface area contributed by atoms with E-state index in [0.717, 1.165) is 12.2 Å². The standard InChI is InChI=1S/C10H2N5/c1-14-9(6-12)3-8(5-11)4-10(7-13)15-2/h3-4H/q-1/b9-3+,10-4+. The van der Waals surface area contributed by atoms with Crippen LogP contribution < -0.4 is 0 Å². The van der Waals surface area contributed by atoms with Crippen LogP contribution in [0.4, 0.5) is 0 Å². The van der Waals surface area contributed by atoms with Crippen LogP contribution in [0.2, 0.25) is 0 Å². The monoisotopic (exact) mass is 192 g/mol. The summed E-state index contributed by atoms with van der Waals surface area (Å²) >= 11 is 0. The first kappa shape index (κ1) is 11.9. The number of allylic oxidation sites excluding steroid dienone is 5. The predicted octanol–water partition coefficient (Wildman–Crippen LogP) is 1.81. The summed E-state index contributed by atoms with van der Waals surface area (Å²) in [5, 5.41) is 25.4. The zero-order valence-corrected chi connectivity index (χ0v) is 7.39. The van der Waals surface area contributed by atoms with Crippen molar-refractivity contribution in [1.82, 2.24) is 0 Å². The first-order valence-electron chi connectivity index (χ1n) is 3.47. The Morgan fingerprint density at radius 1 is 1.07 bits per heavy atom. The van der Waals surface area contributed by atoms with Crippen LogP contribution in [0.5, 0.6) is 0 Å². The molecule has 0 atom stereocenters. The quantitative estimate of drug-likeness (QED) is 0.289. The number of nitriles is 2. The zero-order chi connectivity index (χ0) is 11.7. The molecule has 0 radical (unpaired) electrons. The number of hydrogen-bond donors (Lipinski definition) is 0. The van der Waals surface area contributed by atoms with E-state index in [1.54, 1.807) is 18.0 Å². The molecular weight excluding hydrogens is 190 g/mol. The van der Waals surface area contributed by atoms with Crippen LogP contribution in [-0.4, -0.2) is 5.87 Å². The van der Waals surface area contributed by atoms with E-state index in [0.29, 0.717) is 0 Å². The Morgan fingerprint density at radius 2 is 1.47 bits per heavy atom. The van der Waals surface area contributed by atoms with Crippen LogP contribution in [0.1, 0.15) is 0 Å². The second-order valence-electron chi connectivity index (χ2n) is 2.07. The van der Waals surface area contributed by atoms with Crippen molar-refractivity contribution in [3.05, 3.63) is 57.4 Å². The third kappa shape index (κ3) is 3.88. The molecule has 0 N–H and O–H groups in total. The Hall–Kier alpha value is -3.11. The maximum absolute atomic E-state index is 8.61. The molecule has 0 fully saturated rings. The molecule has 0 rings (SSSR count). The summed E-state index contributed by atoms with van der Waals surface area (Å²) in [5.41, 5.74) is -0.620. The highest BCUT2D eigenvalue weighted by atomic mass is 14.7. The van der Waals surface area contributed by atoms with E-state index in [4.69, 9.17) is 29.1 Å². The van der Waals surface area contributed by atoms with Crippen molar-refractivity contribution >= 4 is 5.87 Å².